The number of carbonyl (C=O) groups is 3. The molecule has 0 saturated carbocycles. The zero-order valence-electron chi connectivity index (χ0n) is 15.7. The fourth-order valence-corrected chi connectivity index (χ4v) is 3.09. The molecule has 0 unspecified atom stereocenters. The summed E-state index contributed by atoms with van der Waals surface area (Å²) in [7, 11) is 0. The Bertz CT molecular complexity index is 709. The lowest BCUT2D eigenvalue weighted by molar-refractivity contribution is -0.122. The second-order valence-electron chi connectivity index (χ2n) is 6.38. The smallest absolute Gasteiger partial charge is 0.409 e. The third kappa shape index (κ3) is 6.83. The molecule has 0 atom stereocenters. The number of likely N-dealkylation sites (tertiary alicyclic amines) is 1. The Hall–Kier alpha value is -2.06. The van der Waals surface area contributed by atoms with Gasteiger partial charge in [0.25, 0.3) is 5.91 Å². The highest BCUT2D eigenvalue weighted by Crippen LogP contribution is 2.19. The number of hydrogen-bond donors (Lipinski definition) is 2. The predicted molar refractivity (Wildman–Crippen MR) is 106 cm³/mol. The molecule has 1 fully saturated rings. The van der Waals surface area contributed by atoms with Gasteiger partial charge < -0.3 is 20.3 Å². The summed E-state index contributed by atoms with van der Waals surface area (Å²) in [5.74, 6) is -0.391. The molecule has 154 valence electrons. The maximum atomic E-state index is 12.1. The molecule has 1 aliphatic rings. The number of ether oxygens (including phenoxy) is 1. The Morgan fingerprint density at radius 3 is 2.64 bits per heavy atom. The van der Waals surface area contributed by atoms with Gasteiger partial charge >= 0.3 is 6.09 Å². The number of rotatable bonds is 7. The van der Waals surface area contributed by atoms with Crippen LogP contribution in [0.2, 0.25) is 10.2 Å². The Kier molecular flexibility index (Phi) is 8.79. The van der Waals surface area contributed by atoms with Crippen LogP contribution in [0.5, 0.6) is 0 Å². The van der Waals surface area contributed by atoms with Crippen molar-refractivity contribution in [2.24, 2.45) is 0 Å². The third-order valence-corrected chi connectivity index (χ3v) is 5.00. The van der Waals surface area contributed by atoms with Crippen molar-refractivity contribution < 1.29 is 19.1 Å². The average Bonchev–Trinajstić information content (AvgIpc) is 2.68. The topological polar surface area (TPSA) is 101 Å². The van der Waals surface area contributed by atoms with E-state index in [1.165, 1.54) is 12.3 Å². The highest BCUT2D eigenvalue weighted by atomic mass is 35.5. The zero-order valence-corrected chi connectivity index (χ0v) is 17.2. The van der Waals surface area contributed by atoms with Crippen LogP contribution < -0.4 is 10.6 Å². The van der Waals surface area contributed by atoms with Crippen LogP contribution in [-0.4, -0.2) is 60.1 Å². The quantitative estimate of drug-likeness (QED) is 0.511. The highest BCUT2D eigenvalue weighted by molar-refractivity contribution is 6.41. The molecule has 1 aromatic heterocycles. The number of hydrogen-bond acceptors (Lipinski definition) is 5. The van der Waals surface area contributed by atoms with Crippen LogP contribution in [0.4, 0.5) is 4.79 Å². The molecule has 1 aromatic rings. The SMILES string of the molecule is CCOC(=O)N1CCC(NC(=O)CCCNC(=O)c2cnc(Cl)c(Cl)c2)CC1. The van der Waals surface area contributed by atoms with E-state index >= 15 is 0 Å². The van der Waals surface area contributed by atoms with E-state index in [1.807, 2.05) is 0 Å². The fraction of sp³-hybridized carbons (Fsp3) is 0.556. The summed E-state index contributed by atoms with van der Waals surface area (Å²) in [5.41, 5.74) is 0.312. The number of amides is 3. The minimum atomic E-state index is -0.321. The fourth-order valence-electron chi connectivity index (χ4n) is 2.82. The van der Waals surface area contributed by atoms with Gasteiger partial charge in [-0.25, -0.2) is 9.78 Å². The van der Waals surface area contributed by atoms with Gasteiger partial charge in [0.2, 0.25) is 5.91 Å². The first kappa shape index (κ1) is 22.2. The molecule has 2 heterocycles. The minimum Gasteiger partial charge on any atom is -0.450 e. The Labute approximate surface area is 173 Å². The molecule has 0 bridgehead atoms. The number of halogens is 2. The molecule has 0 radical (unpaired) electrons. The monoisotopic (exact) mass is 430 g/mol. The van der Waals surface area contributed by atoms with Crippen molar-refractivity contribution in [1.82, 2.24) is 20.5 Å². The molecule has 0 aromatic carbocycles. The normalized spacial score (nSPS) is 14.5. The molecule has 28 heavy (non-hydrogen) atoms. The van der Waals surface area contributed by atoms with Gasteiger partial charge in [-0.15, -0.1) is 0 Å². The molecule has 10 heteroatoms. The summed E-state index contributed by atoms with van der Waals surface area (Å²) in [6, 6.07) is 1.50. The number of nitrogens with one attached hydrogen (secondary N) is 2. The first-order valence-corrected chi connectivity index (χ1v) is 9.96. The minimum absolute atomic E-state index is 0.0510. The van der Waals surface area contributed by atoms with Gasteiger partial charge in [-0.05, 0) is 32.3 Å². The van der Waals surface area contributed by atoms with Crippen LogP contribution in [0.3, 0.4) is 0 Å². The lowest BCUT2D eigenvalue weighted by Crippen LogP contribution is -2.46. The number of pyridine rings is 1. The van der Waals surface area contributed by atoms with Gasteiger partial charge in [0.15, 0.2) is 0 Å². The van der Waals surface area contributed by atoms with Crippen molar-refractivity contribution in [3.63, 3.8) is 0 Å². The first-order valence-electron chi connectivity index (χ1n) is 9.21. The van der Waals surface area contributed by atoms with Crippen molar-refractivity contribution in [1.29, 1.82) is 0 Å². The largest absolute Gasteiger partial charge is 0.450 e. The van der Waals surface area contributed by atoms with Gasteiger partial charge in [-0.3, -0.25) is 9.59 Å². The molecule has 0 spiro atoms. The zero-order chi connectivity index (χ0) is 20.5. The average molecular weight is 431 g/mol. The van der Waals surface area contributed by atoms with E-state index in [4.69, 9.17) is 27.9 Å². The molecule has 8 nitrogen and oxygen atoms in total. The summed E-state index contributed by atoms with van der Waals surface area (Å²) < 4.78 is 4.97. The summed E-state index contributed by atoms with van der Waals surface area (Å²) in [6.07, 6.45) is 3.25. The summed E-state index contributed by atoms with van der Waals surface area (Å²) in [4.78, 5) is 41.2. The molecular weight excluding hydrogens is 407 g/mol. The van der Waals surface area contributed by atoms with Gasteiger partial charge in [0.05, 0.1) is 17.2 Å². The summed E-state index contributed by atoms with van der Waals surface area (Å²) >= 11 is 11.6. The summed E-state index contributed by atoms with van der Waals surface area (Å²) in [6.45, 7) is 3.62. The molecule has 2 N–H and O–H groups in total. The van der Waals surface area contributed by atoms with Crippen LogP contribution in [0, 0.1) is 0 Å². The van der Waals surface area contributed by atoms with Crippen molar-refractivity contribution in [2.75, 3.05) is 26.2 Å². The van der Waals surface area contributed by atoms with Gasteiger partial charge in [-0.2, -0.15) is 0 Å². The van der Waals surface area contributed by atoms with Crippen LogP contribution in [0.1, 0.15) is 43.0 Å². The third-order valence-electron chi connectivity index (χ3n) is 4.31. The van der Waals surface area contributed by atoms with E-state index < -0.39 is 0 Å². The summed E-state index contributed by atoms with van der Waals surface area (Å²) in [5, 5.41) is 6.04. The van der Waals surface area contributed by atoms with Crippen LogP contribution in [0.25, 0.3) is 0 Å². The number of carbonyl (C=O) groups excluding carboxylic acids is 3. The van der Waals surface area contributed by atoms with E-state index in [1.54, 1.807) is 11.8 Å². The number of nitrogens with zero attached hydrogens (tertiary/aromatic N) is 2. The Morgan fingerprint density at radius 1 is 1.29 bits per heavy atom. The second-order valence-corrected chi connectivity index (χ2v) is 7.15. The van der Waals surface area contributed by atoms with E-state index in [0.29, 0.717) is 57.5 Å². The van der Waals surface area contributed by atoms with Crippen LogP contribution in [-0.2, 0) is 9.53 Å². The highest BCUT2D eigenvalue weighted by Gasteiger charge is 2.24. The molecule has 2 rings (SSSR count). The van der Waals surface area contributed by atoms with E-state index in [-0.39, 0.29) is 34.1 Å². The lowest BCUT2D eigenvalue weighted by atomic mass is 10.1. The van der Waals surface area contributed by atoms with E-state index in [2.05, 4.69) is 15.6 Å². The maximum absolute atomic E-state index is 12.1. The van der Waals surface area contributed by atoms with Crippen molar-refractivity contribution >= 4 is 41.1 Å². The maximum Gasteiger partial charge on any atom is 0.409 e. The van der Waals surface area contributed by atoms with Gasteiger partial charge in [0.1, 0.15) is 5.15 Å². The lowest BCUT2D eigenvalue weighted by Gasteiger charge is -2.31. The van der Waals surface area contributed by atoms with E-state index in [9.17, 15) is 14.4 Å². The predicted octanol–water partition coefficient (Wildman–Crippen LogP) is 2.64. The molecule has 3 amide bonds. The second kappa shape index (κ2) is 11.1. The van der Waals surface area contributed by atoms with Gasteiger partial charge in [-0.1, -0.05) is 23.2 Å². The Balaban J connectivity index is 1.62. The van der Waals surface area contributed by atoms with E-state index in [0.717, 1.165) is 0 Å². The molecular formula is C18H24Cl2N4O4. The molecule has 1 aliphatic heterocycles. The van der Waals surface area contributed by atoms with Crippen molar-refractivity contribution in [3.8, 4) is 0 Å². The first-order chi connectivity index (χ1) is 13.4. The van der Waals surface area contributed by atoms with Crippen LogP contribution in [0.15, 0.2) is 12.3 Å². The molecule has 1 saturated heterocycles. The Morgan fingerprint density at radius 2 is 2.00 bits per heavy atom. The van der Waals surface area contributed by atoms with Crippen LogP contribution >= 0.6 is 23.2 Å². The molecule has 0 aliphatic carbocycles. The number of piperidine rings is 1. The van der Waals surface area contributed by atoms with Crippen molar-refractivity contribution in [2.45, 2.75) is 38.6 Å². The standard InChI is InChI=1S/C18H24Cl2N4O4/c1-2-28-18(27)24-8-5-13(6-9-24)23-15(25)4-3-7-21-17(26)12-10-14(19)16(20)22-11-12/h10-11,13H,2-9H2,1H3,(H,21,26)(H,23,25). The van der Waals surface area contributed by atoms with Crippen molar-refractivity contribution in [3.05, 3.63) is 28.0 Å². The number of aromatic nitrogens is 1. The van der Waals surface area contributed by atoms with Gasteiger partial charge in [0, 0.05) is 38.3 Å².